The van der Waals surface area contributed by atoms with Crippen molar-refractivity contribution >= 4 is 5.91 Å². The van der Waals surface area contributed by atoms with Crippen molar-refractivity contribution in [2.45, 2.75) is 57.5 Å². The predicted molar refractivity (Wildman–Crippen MR) is 69.0 cm³/mol. The maximum Gasteiger partial charge on any atom is 0.240 e. The van der Waals surface area contributed by atoms with E-state index in [9.17, 15) is 4.79 Å². The third-order valence-corrected chi connectivity index (χ3v) is 3.49. The largest absolute Gasteiger partial charge is 0.385 e. The monoisotopic (exact) mass is 242 g/mol. The van der Waals surface area contributed by atoms with E-state index in [1.807, 2.05) is 6.92 Å². The molecule has 2 N–H and O–H groups in total. The molecule has 0 radical (unpaired) electrons. The van der Waals surface area contributed by atoms with E-state index in [-0.39, 0.29) is 17.5 Å². The number of carbonyl (C=O) groups is 1. The fourth-order valence-corrected chi connectivity index (χ4v) is 2.48. The maximum absolute atomic E-state index is 12.3. The smallest absolute Gasteiger partial charge is 0.240 e. The van der Waals surface area contributed by atoms with Gasteiger partial charge in [-0.3, -0.25) is 4.79 Å². The highest BCUT2D eigenvalue weighted by molar-refractivity contribution is 5.86. The number of hydrogen-bond donors (Lipinski definition) is 2. The number of carbonyl (C=O) groups excluding carboxylic acids is 1. The Labute approximate surface area is 104 Å². The molecule has 1 fully saturated rings. The molecule has 0 aromatic rings. The third kappa shape index (κ3) is 3.96. The number of hydrogen-bond acceptors (Lipinski definition) is 3. The van der Waals surface area contributed by atoms with Crippen molar-refractivity contribution in [2.75, 3.05) is 20.3 Å². The van der Waals surface area contributed by atoms with Crippen LogP contribution in [-0.2, 0) is 9.53 Å². The first-order valence-electron chi connectivity index (χ1n) is 6.69. The first-order chi connectivity index (χ1) is 8.14. The zero-order valence-corrected chi connectivity index (χ0v) is 11.3. The highest BCUT2D eigenvalue weighted by atomic mass is 16.5. The Hall–Kier alpha value is -0.610. The molecule has 100 valence electrons. The Morgan fingerprint density at radius 1 is 1.59 bits per heavy atom. The molecule has 1 saturated heterocycles. The summed E-state index contributed by atoms with van der Waals surface area (Å²) in [6.07, 6.45) is 4.89. The van der Waals surface area contributed by atoms with Gasteiger partial charge < -0.3 is 15.4 Å². The number of amides is 1. The molecule has 1 amide bonds. The Bertz CT molecular complexity index is 238. The molecule has 0 aromatic heterocycles. The van der Waals surface area contributed by atoms with Gasteiger partial charge in [0.05, 0.1) is 5.54 Å². The maximum atomic E-state index is 12.3. The Kier molecular flexibility index (Phi) is 5.92. The minimum Gasteiger partial charge on any atom is -0.385 e. The average molecular weight is 242 g/mol. The first kappa shape index (κ1) is 14.5. The van der Waals surface area contributed by atoms with Gasteiger partial charge in [0.1, 0.15) is 0 Å². The van der Waals surface area contributed by atoms with E-state index in [1.165, 1.54) is 0 Å². The molecule has 4 nitrogen and oxygen atoms in total. The van der Waals surface area contributed by atoms with E-state index < -0.39 is 0 Å². The van der Waals surface area contributed by atoms with Gasteiger partial charge in [-0.15, -0.1) is 0 Å². The minimum atomic E-state index is -0.309. The van der Waals surface area contributed by atoms with Gasteiger partial charge in [0, 0.05) is 19.8 Å². The predicted octanol–water partition coefficient (Wildman–Crippen LogP) is 1.45. The molecule has 1 heterocycles. The van der Waals surface area contributed by atoms with Crippen LogP contribution in [0.1, 0.15) is 46.0 Å². The second-order valence-corrected chi connectivity index (χ2v) is 5.02. The second kappa shape index (κ2) is 6.97. The van der Waals surface area contributed by atoms with Crippen LogP contribution in [0, 0.1) is 0 Å². The van der Waals surface area contributed by atoms with Gasteiger partial charge in [-0.05, 0) is 39.2 Å². The molecule has 4 heteroatoms. The first-order valence-corrected chi connectivity index (χ1v) is 6.69. The summed E-state index contributed by atoms with van der Waals surface area (Å²) in [5.74, 6) is 0.167. The number of rotatable bonds is 7. The van der Waals surface area contributed by atoms with Gasteiger partial charge in [0.2, 0.25) is 5.91 Å². The lowest BCUT2D eigenvalue weighted by atomic mass is 9.90. The Balaban J connectivity index is 2.48. The van der Waals surface area contributed by atoms with Crippen molar-refractivity contribution in [3.63, 3.8) is 0 Å². The summed E-state index contributed by atoms with van der Waals surface area (Å²) >= 11 is 0. The van der Waals surface area contributed by atoms with E-state index in [0.29, 0.717) is 6.61 Å². The van der Waals surface area contributed by atoms with Crippen LogP contribution in [0.15, 0.2) is 0 Å². The molecule has 2 unspecified atom stereocenters. The molecule has 1 aliphatic rings. The fraction of sp³-hybridized carbons (Fsp3) is 0.923. The molecule has 0 aliphatic carbocycles. The van der Waals surface area contributed by atoms with Gasteiger partial charge in [0.25, 0.3) is 0 Å². The van der Waals surface area contributed by atoms with Crippen molar-refractivity contribution in [3.8, 4) is 0 Å². The van der Waals surface area contributed by atoms with Crippen LogP contribution in [0.25, 0.3) is 0 Å². The molecule has 1 aliphatic heterocycles. The van der Waals surface area contributed by atoms with Crippen LogP contribution in [0.4, 0.5) is 0 Å². The molecular formula is C13H26N2O2. The number of nitrogens with one attached hydrogen (secondary N) is 2. The van der Waals surface area contributed by atoms with Crippen molar-refractivity contribution in [2.24, 2.45) is 0 Å². The third-order valence-electron chi connectivity index (χ3n) is 3.49. The summed E-state index contributed by atoms with van der Waals surface area (Å²) in [6, 6.07) is 0.179. The average Bonchev–Trinajstić information content (AvgIpc) is 2.76. The zero-order valence-electron chi connectivity index (χ0n) is 11.3. The zero-order chi connectivity index (χ0) is 12.7. The molecule has 0 saturated carbocycles. The van der Waals surface area contributed by atoms with E-state index in [0.717, 1.165) is 38.6 Å². The van der Waals surface area contributed by atoms with Crippen molar-refractivity contribution in [1.29, 1.82) is 0 Å². The normalized spacial score (nSPS) is 25.8. The topological polar surface area (TPSA) is 50.4 Å². The van der Waals surface area contributed by atoms with Crippen molar-refractivity contribution in [3.05, 3.63) is 0 Å². The SMILES string of the molecule is CCCC1(C(=O)NC(C)CCOC)CCCN1. The number of methoxy groups -OCH3 is 1. The van der Waals surface area contributed by atoms with E-state index in [1.54, 1.807) is 7.11 Å². The van der Waals surface area contributed by atoms with Gasteiger partial charge in [-0.25, -0.2) is 0 Å². The molecule has 0 spiro atoms. The number of ether oxygens (including phenoxy) is 1. The Morgan fingerprint density at radius 3 is 2.88 bits per heavy atom. The minimum absolute atomic E-state index is 0.167. The lowest BCUT2D eigenvalue weighted by Gasteiger charge is -2.29. The molecular weight excluding hydrogens is 216 g/mol. The lowest BCUT2D eigenvalue weighted by molar-refractivity contribution is -0.128. The van der Waals surface area contributed by atoms with Crippen LogP contribution >= 0.6 is 0 Å². The summed E-state index contributed by atoms with van der Waals surface area (Å²) in [7, 11) is 1.69. The fourth-order valence-electron chi connectivity index (χ4n) is 2.48. The molecule has 0 bridgehead atoms. The van der Waals surface area contributed by atoms with Crippen molar-refractivity contribution < 1.29 is 9.53 Å². The standard InChI is InChI=1S/C13H26N2O2/c1-4-7-13(8-5-9-14-13)12(16)15-11(2)6-10-17-3/h11,14H,4-10H2,1-3H3,(H,15,16). The second-order valence-electron chi connectivity index (χ2n) is 5.02. The van der Waals surface area contributed by atoms with Crippen LogP contribution < -0.4 is 10.6 Å². The summed E-state index contributed by atoms with van der Waals surface area (Å²) in [5.41, 5.74) is -0.309. The van der Waals surface area contributed by atoms with Crippen LogP contribution in [0.5, 0.6) is 0 Å². The van der Waals surface area contributed by atoms with Gasteiger partial charge in [-0.2, -0.15) is 0 Å². The van der Waals surface area contributed by atoms with Crippen LogP contribution in [-0.4, -0.2) is 37.7 Å². The highest BCUT2D eigenvalue weighted by Gasteiger charge is 2.40. The van der Waals surface area contributed by atoms with Gasteiger partial charge in [0.15, 0.2) is 0 Å². The molecule has 17 heavy (non-hydrogen) atoms. The summed E-state index contributed by atoms with van der Waals surface area (Å²) in [4.78, 5) is 12.3. The van der Waals surface area contributed by atoms with Gasteiger partial charge >= 0.3 is 0 Å². The van der Waals surface area contributed by atoms with Crippen LogP contribution in [0.2, 0.25) is 0 Å². The van der Waals surface area contributed by atoms with Crippen LogP contribution in [0.3, 0.4) is 0 Å². The Morgan fingerprint density at radius 2 is 2.35 bits per heavy atom. The summed E-state index contributed by atoms with van der Waals surface area (Å²) in [5, 5.41) is 6.49. The molecule has 0 aromatic carbocycles. The van der Waals surface area contributed by atoms with E-state index >= 15 is 0 Å². The van der Waals surface area contributed by atoms with E-state index in [4.69, 9.17) is 4.74 Å². The van der Waals surface area contributed by atoms with Gasteiger partial charge in [-0.1, -0.05) is 13.3 Å². The molecule has 1 rings (SSSR count). The lowest BCUT2D eigenvalue weighted by Crippen LogP contribution is -2.55. The summed E-state index contributed by atoms with van der Waals surface area (Å²) in [6.45, 7) is 5.81. The highest BCUT2D eigenvalue weighted by Crippen LogP contribution is 2.25. The molecule has 2 atom stereocenters. The van der Waals surface area contributed by atoms with Crippen molar-refractivity contribution in [1.82, 2.24) is 10.6 Å². The summed E-state index contributed by atoms with van der Waals surface area (Å²) < 4.78 is 5.03. The quantitative estimate of drug-likeness (QED) is 0.710. The van der Waals surface area contributed by atoms with E-state index in [2.05, 4.69) is 17.6 Å².